The average molecular weight is 745 g/mol. The molecule has 53 heavy (non-hydrogen) atoms. The van der Waals surface area contributed by atoms with Gasteiger partial charge in [-0.3, -0.25) is 9.69 Å². The SMILES string of the molecule is CC1(C)COCCN1CCCOC(=O)c1cc2cc(NC=O)ccc2o1.COC1CCC(C2CCN(C)C2C)CC1.NC(CF)C1CCC(C=O)CC1. The zero-order valence-electron chi connectivity index (χ0n) is 32.7. The third-order valence-corrected chi connectivity index (χ3v) is 12.1. The number of alkyl halides is 1. The van der Waals surface area contributed by atoms with E-state index in [1.807, 2.05) is 7.11 Å². The first-order valence-corrected chi connectivity index (χ1v) is 19.7. The van der Waals surface area contributed by atoms with Gasteiger partial charge in [0.25, 0.3) is 0 Å². The molecule has 2 saturated carbocycles. The number of amides is 1. The van der Waals surface area contributed by atoms with E-state index >= 15 is 0 Å². The first-order valence-electron chi connectivity index (χ1n) is 19.7. The molecule has 3 N–H and O–H groups in total. The zero-order chi connectivity index (χ0) is 38.4. The third-order valence-electron chi connectivity index (χ3n) is 12.1. The van der Waals surface area contributed by atoms with E-state index in [0.717, 1.165) is 81.4 Å². The van der Waals surface area contributed by atoms with Crippen molar-refractivity contribution in [2.24, 2.45) is 29.4 Å². The van der Waals surface area contributed by atoms with Crippen LogP contribution in [0.15, 0.2) is 28.7 Å². The molecule has 2 aliphatic carbocycles. The van der Waals surface area contributed by atoms with E-state index in [1.54, 1.807) is 24.3 Å². The Labute approximate surface area is 315 Å². The molecule has 3 heterocycles. The molecule has 3 atom stereocenters. The summed E-state index contributed by atoms with van der Waals surface area (Å²) < 4.78 is 34.0. The molecule has 0 bridgehead atoms. The van der Waals surface area contributed by atoms with Crippen LogP contribution >= 0.6 is 0 Å². The van der Waals surface area contributed by atoms with Gasteiger partial charge in [0, 0.05) is 54.8 Å². The zero-order valence-corrected chi connectivity index (χ0v) is 32.7. The molecular formula is C41H65FN4O7. The first-order chi connectivity index (χ1) is 25.5. The highest BCUT2D eigenvalue weighted by molar-refractivity contribution is 5.94. The van der Waals surface area contributed by atoms with Crippen LogP contribution in [-0.4, -0.2) is 112 Å². The number of morpholine rings is 1. The van der Waals surface area contributed by atoms with Crippen LogP contribution in [0.1, 0.15) is 95.5 Å². The lowest BCUT2D eigenvalue weighted by Crippen LogP contribution is -2.53. The Morgan fingerprint density at radius 2 is 1.81 bits per heavy atom. The van der Waals surface area contributed by atoms with Crippen molar-refractivity contribution in [1.29, 1.82) is 0 Å². The summed E-state index contributed by atoms with van der Waals surface area (Å²) in [5.74, 6) is 2.10. The summed E-state index contributed by atoms with van der Waals surface area (Å²) in [6, 6.07) is 7.27. The van der Waals surface area contributed by atoms with E-state index in [9.17, 15) is 18.8 Å². The number of aldehydes is 1. The number of carbonyl (C=O) groups is 3. The van der Waals surface area contributed by atoms with Crippen LogP contribution in [0, 0.1) is 23.7 Å². The largest absolute Gasteiger partial charge is 0.460 e. The monoisotopic (exact) mass is 744 g/mol. The molecule has 2 saturated heterocycles. The van der Waals surface area contributed by atoms with Gasteiger partial charge in [0.1, 0.15) is 18.5 Å². The highest BCUT2D eigenvalue weighted by Crippen LogP contribution is 2.38. The highest BCUT2D eigenvalue weighted by atomic mass is 19.1. The molecule has 4 fully saturated rings. The molecular weight excluding hydrogens is 679 g/mol. The summed E-state index contributed by atoms with van der Waals surface area (Å²) in [6.07, 6.45) is 13.3. The number of rotatable bonds is 12. The second-order valence-corrected chi connectivity index (χ2v) is 16.0. The number of furan rings is 1. The van der Waals surface area contributed by atoms with Crippen LogP contribution < -0.4 is 11.1 Å². The second kappa shape index (κ2) is 21.3. The predicted molar refractivity (Wildman–Crippen MR) is 206 cm³/mol. The Morgan fingerprint density at radius 1 is 1.08 bits per heavy atom. The number of esters is 1. The number of hydrogen-bond acceptors (Lipinski definition) is 10. The van der Waals surface area contributed by atoms with Gasteiger partial charge in [0.2, 0.25) is 12.2 Å². The summed E-state index contributed by atoms with van der Waals surface area (Å²) in [5, 5.41) is 3.30. The van der Waals surface area contributed by atoms with Crippen molar-refractivity contribution in [2.75, 3.05) is 65.6 Å². The van der Waals surface area contributed by atoms with Crippen LogP contribution in [0.25, 0.3) is 11.0 Å². The molecule has 3 unspecified atom stereocenters. The maximum atomic E-state index is 12.2. The molecule has 4 aliphatic rings. The Bertz CT molecular complexity index is 1410. The summed E-state index contributed by atoms with van der Waals surface area (Å²) in [7, 11) is 4.13. The lowest BCUT2D eigenvalue weighted by atomic mass is 9.76. The molecule has 6 rings (SSSR count). The Morgan fingerprint density at radius 3 is 2.42 bits per heavy atom. The number of benzene rings is 1. The van der Waals surface area contributed by atoms with Crippen LogP contribution in [-0.2, 0) is 23.8 Å². The average Bonchev–Trinajstić information content (AvgIpc) is 3.76. The first kappa shape index (κ1) is 42.8. The van der Waals surface area contributed by atoms with Crippen LogP contribution in [0.3, 0.4) is 0 Å². The Kier molecular flexibility index (Phi) is 17.2. The minimum Gasteiger partial charge on any atom is -0.460 e. The molecule has 2 aromatic rings. The van der Waals surface area contributed by atoms with Crippen LogP contribution in [0.2, 0.25) is 0 Å². The van der Waals surface area contributed by atoms with Crippen LogP contribution in [0.5, 0.6) is 0 Å². The number of methoxy groups -OCH3 is 1. The molecule has 1 aromatic carbocycles. The van der Waals surface area contributed by atoms with E-state index in [0.29, 0.717) is 42.9 Å². The van der Waals surface area contributed by atoms with Gasteiger partial charge in [-0.1, -0.05) is 0 Å². The van der Waals surface area contributed by atoms with Gasteiger partial charge in [-0.15, -0.1) is 0 Å². The number of nitrogens with two attached hydrogens (primary N) is 1. The third kappa shape index (κ3) is 12.6. The molecule has 298 valence electrons. The van der Waals surface area contributed by atoms with Crippen molar-refractivity contribution >= 4 is 35.3 Å². The maximum absolute atomic E-state index is 12.2. The van der Waals surface area contributed by atoms with Crippen molar-refractivity contribution in [3.05, 3.63) is 30.0 Å². The van der Waals surface area contributed by atoms with Crippen molar-refractivity contribution in [3.8, 4) is 0 Å². The van der Waals surface area contributed by atoms with Gasteiger partial charge in [-0.2, -0.15) is 0 Å². The molecule has 0 spiro atoms. The number of fused-ring (bicyclic) bond motifs is 1. The summed E-state index contributed by atoms with van der Waals surface area (Å²) in [5.41, 5.74) is 6.79. The predicted octanol–water partition coefficient (Wildman–Crippen LogP) is 6.48. The Balaban J connectivity index is 0.000000196. The van der Waals surface area contributed by atoms with Crippen molar-refractivity contribution in [1.82, 2.24) is 9.80 Å². The van der Waals surface area contributed by atoms with E-state index in [2.05, 4.69) is 42.9 Å². The van der Waals surface area contributed by atoms with Gasteiger partial charge in [-0.25, -0.2) is 9.18 Å². The lowest BCUT2D eigenvalue weighted by molar-refractivity contribution is -0.112. The molecule has 11 nitrogen and oxygen atoms in total. The number of likely N-dealkylation sites (tertiary alicyclic amines) is 1. The molecule has 1 aromatic heterocycles. The fourth-order valence-electron chi connectivity index (χ4n) is 8.44. The topological polar surface area (TPSA) is 137 Å². The molecule has 2 aliphatic heterocycles. The minimum absolute atomic E-state index is 0.00819. The molecule has 0 radical (unpaired) electrons. The number of ether oxygens (including phenoxy) is 3. The maximum Gasteiger partial charge on any atom is 0.374 e. The van der Waals surface area contributed by atoms with Gasteiger partial charge in [0.05, 0.1) is 25.9 Å². The van der Waals surface area contributed by atoms with E-state index in [4.69, 9.17) is 24.4 Å². The van der Waals surface area contributed by atoms with E-state index in [1.165, 1.54) is 38.6 Å². The van der Waals surface area contributed by atoms with Crippen LogP contribution in [0.4, 0.5) is 10.1 Å². The fraction of sp³-hybridized carbons (Fsp3) is 0.732. The summed E-state index contributed by atoms with van der Waals surface area (Å²) in [4.78, 5) is 38.0. The fourth-order valence-corrected chi connectivity index (χ4v) is 8.44. The van der Waals surface area contributed by atoms with E-state index < -0.39 is 12.6 Å². The quantitative estimate of drug-likeness (QED) is 0.141. The lowest BCUT2D eigenvalue weighted by Gasteiger charge is -2.42. The normalized spacial score (nSPS) is 28.1. The molecule has 1 amide bonds. The van der Waals surface area contributed by atoms with Gasteiger partial charge >= 0.3 is 5.97 Å². The minimum atomic E-state index is -0.479. The van der Waals surface area contributed by atoms with Crippen molar-refractivity contribution < 1.29 is 37.4 Å². The highest BCUT2D eigenvalue weighted by Gasteiger charge is 2.36. The van der Waals surface area contributed by atoms with E-state index in [-0.39, 0.29) is 23.3 Å². The summed E-state index contributed by atoms with van der Waals surface area (Å²) >= 11 is 0. The number of hydrogen-bond donors (Lipinski definition) is 2. The van der Waals surface area contributed by atoms with Gasteiger partial charge < -0.3 is 39.4 Å². The summed E-state index contributed by atoms with van der Waals surface area (Å²) in [6.45, 7) is 11.1. The standard InChI is InChI=1S/C19H24N2O5.C13H25NO.C9H16FNO/c1-19(2)12-24-9-7-21(19)6-3-8-25-18(23)17-11-14-10-15(20-13-22)4-5-16(14)26-17;1-10-13(8-9-14(10)2)11-4-6-12(15-3)7-5-11;10-5-9(11)8-3-1-7(6-12)2-4-8/h4-5,10-11,13H,3,6-9,12H2,1-2H3,(H,20,22);10-13H,4-9H2,1-3H3;6-9H,1-5,11H2. The number of carbonyl (C=O) groups excluding carboxylic acids is 3. The number of nitrogens with one attached hydrogen (secondary N) is 1. The van der Waals surface area contributed by atoms with Gasteiger partial charge in [-0.05, 0) is 141 Å². The number of anilines is 1. The Hall–Kier alpha value is -2.90. The smallest absolute Gasteiger partial charge is 0.374 e. The molecule has 12 heteroatoms. The van der Waals surface area contributed by atoms with Crippen molar-refractivity contribution in [3.63, 3.8) is 0 Å². The van der Waals surface area contributed by atoms with Gasteiger partial charge in [0.15, 0.2) is 0 Å². The van der Waals surface area contributed by atoms with Crippen molar-refractivity contribution in [2.45, 2.75) is 109 Å². The number of halogens is 1. The number of nitrogens with zero attached hydrogens (tertiary/aromatic N) is 2. The second-order valence-electron chi connectivity index (χ2n) is 16.0.